The third-order valence-corrected chi connectivity index (χ3v) is 3.34. The molecule has 24 heavy (non-hydrogen) atoms. The quantitative estimate of drug-likeness (QED) is 0.540. The first-order valence-corrected chi connectivity index (χ1v) is 7.09. The summed E-state index contributed by atoms with van der Waals surface area (Å²) < 4.78 is 47.6. The molecule has 0 bridgehead atoms. The second kappa shape index (κ2) is 7.88. The fourth-order valence-corrected chi connectivity index (χ4v) is 2.13. The van der Waals surface area contributed by atoms with E-state index in [-0.39, 0.29) is 27.6 Å². The van der Waals surface area contributed by atoms with Crippen LogP contribution in [0.2, 0.25) is 5.02 Å². The van der Waals surface area contributed by atoms with E-state index in [1.54, 1.807) is 6.07 Å². The number of para-hydroxylation sites is 1. The lowest BCUT2D eigenvalue weighted by molar-refractivity contribution is -0.0513. The number of halogens is 4. The van der Waals surface area contributed by atoms with Gasteiger partial charge in [-0.05, 0) is 36.4 Å². The summed E-state index contributed by atoms with van der Waals surface area (Å²) in [5, 5.41) is -0.183. The van der Waals surface area contributed by atoms with Crippen LogP contribution < -0.4 is 9.47 Å². The largest absolute Gasteiger partial charge is 0.493 e. The Morgan fingerprint density at radius 3 is 2.62 bits per heavy atom. The van der Waals surface area contributed by atoms with E-state index < -0.39 is 18.2 Å². The zero-order chi connectivity index (χ0) is 17.7. The third-order valence-electron chi connectivity index (χ3n) is 3.05. The Labute approximate surface area is 141 Å². The molecule has 0 saturated heterocycles. The SMILES string of the molecule is COc1cccc(/C=C/C(=O)c2ccc(F)c(Cl)c2)c1OC(F)F. The first kappa shape index (κ1) is 17.9. The maximum atomic E-state index is 13.1. The minimum absolute atomic E-state index is 0.106. The van der Waals surface area contributed by atoms with Crippen LogP contribution >= 0.6 is 11.6 Å². The molecule has 0 saturated carbocycles. The molecule has 2 rings (SSSR count). The number of methoxy groups -OCH3 is 1. The number of carbonyl (C=O) groups is 1. The van der Waals surface area contributed by atoms with Crippen LogP contribution in [0.15, 0.2) is 42.5 Å². The van der Waals surface area contributed by atoms with Gasteiger partial charge in [-0.25, -0.2) is 4.39 Å². The summed E-state index contributed by atoms with van der Waals surface area (Å²) in [6.45, 7) is -3.04. The number of allylic oxidation sites excluding steroid dienone is 1. The smallest absolute Gasteiger partial charge is 0.387 e. The standard InChI is InChI=1S/C17H12ClF3O3/c1-23-15-4-2-3-10(16(15)24-17(20)21)6-8-14(22)11-5-7-13(19)12(18)9-11/h2-9,17H,1H3/b8-6+. The summed E-state index contributed by atoms with van der Waals surface area (Å²) in [6.07, 6.45) is 2.45. The highest BCUT2D eigenvalue weighted by Crippen LogP contribution is 2.33. The van der Waals surface area contributed by atoms with Gasteiger partial charge in [0, 0.05) is 11.1 Å². The predicted molar refractivity (Wildman–Crippen MR) is 84.4 cm³/mol. The van der Waals surface area contributed by atoms with Gasteiger partial charge in [-0.1, -0.05) is 23.7 Å². The maximum Gasteiger partial charge on any atom is 0.387 e. The second-order valence-electron chi connectivity index (χ2n) is 4.58. The van der Waals surface area contributed by atoms with Crippen molar-refractivity contribution in [3.05, 3.63) is 64.4 Å². The normalized spacial score (nSPS) is 11.1. The molecule has 2 aromatic carbocycles. The van der Waals surface area contributed by atoms with Crippen molar-refractivity contribution in [1.29, 1.82) is 0 Å². The minimum Gasteiger partial charge on any atom is -0.493 e. The third kappa shape index (κ3) is 4.29. The molecule has 0 spiro atoms. The van der Waals surface area contributed by atoms with Crippen molar-refractivity contribution in [3.8, 4) is 11.5 Å². The Bertz CT molecular complexity index is 776. The van der Waals surface area contributed by atoms with Crippen LogP contribution in [0.3, 0.4) is 0 Å². The molecule has 0 N–H and O–H groups in total. The van der Waals surface area contributed by atoms with Crippen molar-refractivity contribution in [2.75, 3.05) is 7.11 Å². The molecule has 0 radical (unpaired) electrons. The molecule has 0 aliphatic rings. The lowest BCUT2D eigenvalue weighted by Gasteiger charge is -2.12. The summed E-state index contributed by atoms with van der Waals surface area (Å²) in [5.74, 6) is -1.19. The number of benzene rings is 2. The van der Waals surface area contributed by atoms with E-state index in [4.69, 9.17) is 16.3 Å². The summed E-state index contributed by atoms with van der Waals surface area (Å²) in [7, 11) is 1.31. The van der Waals surface area contributed by atoms with Gasteiger partial charge in [0.05, 0.1) is 12.1 Å². The molecular weight excluding hydrogens is 345 g/mol. The van der Waals surface area contributed by atoms with Crippen LogP contribution in [0.5, 0.6) is 11.5 Å². The Kier molecular flexibility index (Phi) is 5.87. The average Bonchev–Trinajstić information content (AvgIpc) is 2.55. The van der Waals surface area contributed by atoms with Gasteiger partial charge in [0.1, 0.15) is 5.82 Å². The second-order valence-corrected chi connectivity index (χ2v) is 4.99. The van der Waals surface area contributed by atoms with Crippen molar-refractivity contribution < 1.29 is 27.4 Å². The molecule has 0 atom stereocenters. The first-order chi connectivity index (χ1) is 11.4. The van der Waals surface area contributed by atoms with Gasteiger partial charge in [-0.15, -0.1) is 0 Å². The average molecular weight is 357 g/mol. The molecule has 0 unspecified atom stereocenters. The van der Waals surface area contributed by atoms with E-state index in [1.165, 1.54) is 37.5 Å². The monoisotopic (exact) mass is 356 g/mol. The molecule has 0 amide bonds. The van der Waals surface area contributed by atoms with Crippen molar-refractivity contribution in [1.82, 2.24) is 0 Å². The molecule has 126 valence electrons. The van der Waals surface area contributed by atoms with E-state index in [0.717, 1.165) is 12.1 Å². The van der Waals surface area contributed by atoms with Gasteiger partial charge < -0.3 is 9.47 Å². The van der Waals surface area contributed by atoms with Gasteiger partial charge in [0.15, 0.2) is 17.3 Å². The molecule has 0 aliphatic heterocycles. The summed E-state index contributed by atoms with van der Waals surface area (Å²) >= 11 is 5.63. The Morgan fingerprint density at radius 2 is 2.00 bits per heavy atom. The molecule has 2 aromatic rings. The number of ketones is 1. The van der Waals surface area contributed by atoms with Gasteiger partial charge >= 0.3 is 6.61 Å². The molecule has 0 heterocycles. The lowest BCUT2D eigenvalue weighted by Crippen LogP contribution is -2.05. The Balaban J connectivity index is 2.30. The zero-order valence-corrected chi connectivity index (χ0v) is 13.2. The molecular formula is C17H12ClF3O3. The van der Waals surface area contributed by atoms with E-state index in [9.17, 15) is 18.0 Å². The van der Waals surface area contributed by atoms with Crippen LogP contribution in [0.4, 0.5) is 13.2 Å². The van der Waals surface area contributed by atoms with Crippen LogP contribution in [-0.4, -0.2) is 19.5 Å². The number of hydrogen-bond acceptors (Lipinski definition) is 3. The van der Waals surface area contributed by atoms with Crippen LogP contribution in [-0.2, 0) is 0 Å². The van der Waals surface area contributed by atoms with Gasteiger partial charge in [-0.2, -0.15) is 8.78 Å². The van der Waals surface area contributed by atoms with Crippen molar-refractivity contribution >= 4 is 23.5 Å². The van der Waals surface area contributed by atoms with E-state index in [1.807, 2.05) is 0 Å². The van der Waals surface area contributed by atoms with Crippen molar-refractivity contribution in [3.63, 3.8) is 0 Å². The highest BCUT2D eigenvalue weighted by Gasteiger charge is 2.14. The molecule has 0 fully saturated rings. The minimum atomic E-state index is -3.04. The molecule has 7 heteroatoms. The Hall–Kier alpha value is -2.47. The summed E-state index contributed by atoms with van der Waals surface area (Å²) in [5.41, 5.74) is 0.396. The Morgan fingerprint density at radius 1 is 1.25 bits per heavy atom. The maximum absolute atomic E-state index is 13.1. The molecule has 3 nitrogen and oxygen atoms in total. The first-order valence-electron chi connectivity index (χ1n) is 6.71. The highest BCUT2D eigenvalue weighted by molar-refractivity contribution is 6.31. The number of rotatable bonds is 6. The van der Waals surface area contributed by atoms with Crippen LogP contribution in [0.25, 0.3) is 6.08 Å². The lowest BCUT2D eigenvalue weighted by atomic mass is 10.1. The van der Waals surface area contributed by atoms with E-state index in [0.29, 0.717) is 0 Å². The fourth-order valence-electron chi connectivity index (χ4n) is 1.95. The van der Waals surface area contributed by atoms with Crippen molar-refractivity contribution in [2.45, 2.75) is 6.61 Å². The summed E-state index contributed by atoms with van der Waals surface area (Å²) in [6, 6.07) is 8.04. The fraction of sp³-hybridized carbons (Fsp3) is 0.118. The predicted octanol–water partition coefficient (Wildman–Crippen LogP) is 4.99. The zero-order valence-electron chi connectivity index (χ0n) is 12.4. The molecule has 0 aliphatic carbocycles. The number of alkyl halides is 2. The topological polar surface area (TPSA) is 35.5 Å². The van der Waals surface area contributed by atoms with E-state index in [2.05, 4.69) is 4.74 Å². The van der Waals surface area contributed by atoms with Crippen molar-refractivity contribution in [2.24, 2.45) is 0 Å². The van der Waals surface area contributed by atoms with E-state index >= 15 is 0 Å². The summed E-state index contributed by atoms with van der Waals surface area (Å²) in [4.78, 5) is 12.1. The highest BCUT2D eigenvalue weighted by atomic mass is 35.5. The number of ether oxygens (including phenoxy) is 2. The number of hydrogen-bond donors (Lipinski definition) is 0. The van der Waals surface area contributed by atoms with Gasteiger partial charge in [-0.3, -0.25) is 4.79 Å². The van der Waals surface area contributed by atoms with Gasteiger partial charge in [0.2, 0.25) is 0 Å². The molecule has 0 aromatic heterocycles. The number of carbonyl (C=O) groups excluding carboxylic acids is 1. The van der Waals surface area contributed by atoms with Crippen LogP contribution in [0, 0.1) is 5.82 Å². The van der Waals surface area contributed by atoms with Gasteiger partial charge in [0.25, 0.3) is 0 Å². The van der Waals surface area contributed by atoms with Crippen LogP contribution in [0.1, 0.15) is 15.9 Å².